The van der Waals surface area contributed by atoms with Crippen molar-refractivity contribution in [2.24, 2.45) is 0 Å². The van der Waals surface area contributed by atoms with Gasteiger partial charge in [-0.25, -0.2) is 13.1 Å². The fourth-order valence-electron chi connectivity index (χ4n) is 2.09. The predicted octanol–water partition coefficient (Wildman–Crippen LogP) is 3.27. The van der Waals surface area contributed by atoms with E-state index in [9.17, 15) is 17.2 Å². The van der Waals surface area contributed by atoms with Crippen LogP contribution in [0.5, 0.6) is 5.75 Å². The summed E-state index contributed by atoms with van der Waals surface area (Å²) >= 11 is 0. The van der Waals surface area contributed by atoms with E-state index in [1.54, 1.807) is 12.1 Å². The normalized spacial score (nSPS) is 11.5. The molecule has 1 heterocycles. The highest BCUT2D eigenvalue weighted by Crippen LogP contribution is 2.21. The number of nitrogens with one attached hydrogen (secondary N) is 1. The van der Waals surface area contributed by atoms with Gasteiger partial charge in [0.05, 0.1) is 18.1 Å². The quantitative estimate of drug-likeness (QED) is 0.728. The maximum Gasteiger partial charge on any atom is 0.387 e. The van der Waals surface area contributed by atoms with Gasteiger partial charge in [0.2, 0.25) is 0 Å². The van der Waals surface area contributed by atoms with Gasteiger partial charge in [0, 0.05) is 5.69 Å². The Morgan fingerprint density at radius 3 is 2.36 bits per heavy atom. The summed E-state index contributed by atoms with van der Waals surface area (Å²) in [5.74, 6) is -0.0603. The summed E-state index contributed by atoms with van der Waals surface area (Å²) in [6.45, 7) is -2.94. The average Bonchev–Trinajstić information content (AvgIpc) is 3.08. The standard InChI is InChI=1S/C16H13F2N3O3S/c17-16(18)24-14-8-6-12(7-9-14)20-25(22,23)15-10-19-21(11-15)13-4-2-1-3-5-13/h1-11,16,20H. The predicted molar refractivity (Wildman–Crippen MR) is 87.4 cm³/mol. The Bertz CT molecular complexity index is 942. The van der Waals surface area contributed by atoms with Crippen molar-refractivity contribution in [3.8, 4) is 11.4 Å². The molecule has 0 saturated heterocycles. The molecule has 3 rings (SSSR count). The number of anilines is 1. The van der Waals surface area contributed by atoms with E-state index in [1.807, 2.05) is 18.2 Å². The van der Waals surface area contributed by atoms with E-state index in [2.05, 4.69) is 14.6 Å². The molecule has 6 nitrogen and oxygen atoms in total. The highest BCUT2D eigenvalue weighted by Gasteiger charge is 2.17. The lowest BCUT2D eigenvalue weighted by Crippen LogP contribution is -2.12. The lowest BCUT2D eigenvalue weighted by molar-refractivity contribution is -0.0498. The van der Waals surface area contributed by atoms with Crippen LogP contribution in [0, 0.1) is 0 Å². The zero-order valence-electron chi connectivity index (χ0n) is 12.7. The van der Waals surface area contributed by atoms with E-state index >= 15 is 0 Å². The maximum atomic E-state index is 12.4. The summed E-state index contributed by atoms with van der Waals surface area (Å²) in [4.78, 5) is -0.0238. The van der Waals surface area contributed by atoms with Gasteiger partial charge >= 0.3 is 6.61 Å². The van der Waals surface area contributed by atoms with Crippen LogP contribution >= 0.6 is 0 Å². The van der Waals surface area contributed by atoms with Gasteiger partial charge in [-0.2, -0.15) is 13.9 Å². The SMILES string of the molecule is O=S(=O)(Nc1ccc(OC(F)F)cc1)c1cnn(-c2ccccc2)c1. The van der Waals surface area contributed by atoms with Crippen molar-refractivity contribution in [2.45, 2.75) is 11.5 Å². The lowest BCUT2D eigenvalue weighted by Gasteiger charge is -2.08. The smallest absolute Gasteiger partial charge is 0.387 e. The lowest BCUT2D eigenvalue weighted by atomic mass is 10.3. The Balaban J connectivity index is 1.77. The Hall–Kier alpha value is -2.94. The number of rotatable bonds is 6. The number of hydrogen-bond donors (Lipinski definition) is 1. The van der Waals surface area contributed by atoms with Crippen LogP contribution in [0.4, 0.5) is 14.5 Å². The first kappa shape index (κ1) is 16.9. The molecule has 0 saturated carbocycles. The molecule has 3 aromatic rings. The van der Waals surface area contributed by atoms with Crippen LogP contribution in [-0.4, -0.2) is 24.8 Å². The molecule has 0 bridgehead atoms. The Kier molecular flexibility index (Phi) is 4.66. The molecule has 2 aromatic carbocycles. The van der Waals surface area contributed by atoms with Crippen LogP contribution in [0.3, 0.4) is 0 Å². The minimum Gasteiger partial charge on any atom is -0.435 e. The monoisotopic (exact) mass is 365 g/mol. The van der Waals surface area contributed by atoms with Crippen LogP contribution in [-0.2, 0) is 10.0 Å². The van der Waals surface area contributed by atoms with Crippen LogP contribution in [0.15, 0.2) is 71.9 Å². The number of hydrogen-bond acceptors (Lipinski definition) is 4. The molecule has 0 unspecified atom stereocenters. The van der Waals surface area contributed by atoms with Gasteiger partial charge in [-0.1, -0.05) is 18.2 Å². The largest absolute Gasteiger partial charge is 0.435 e. The van der Waals surface area contributed by atoms with Crippen molar-refractivity contribution in [3.05, 3.63) is 67.0 Å². The van der Waals surface area contributed by atoms with Crippen LogP contribution in [0.1, 0.15) is 0 Å². The Morgan fingerprint density at radius 1 is 1.04 bits per heavy atom. The molecule has 0 aliphatic heterocycles. The molecule has 25 heavy (non-hydrogen) atoms. The molecular formula is C16H13F2N3O3S. The van der Waals surface area contributed by atoms with Crippen molar-refractivity contribution in [2.75, 3.05) is 4.72 Å². The summed E-state index contributed by atoms with van der Waals surface area (Å²) in [6, 6.07) is 14.2. The molecule has 0 atom stereocenters. The van der Waals surface area contributed by atoms with Crippen molar-refractivity contribution in [3.63, 3.8) is 0 Å². The van der Waals surface area contributed by atoms with Crippen molar-refractivity contribution in [1.82, 2.24) is 9.78 Å². The van der Waals surface area contributed by atoms with Crippen LogP contribution in [0.25, 0.3) is 5.69 Å². The second kappa shape index (κ2) is 6.89. The molecule has 0 radical (unpaired) electrons. The third-order valence-electron chi connectivity index (χ3n) is 3.22. The molecule has 0 amide bonds. The topological polar surface area (TPSA) is 73.2 Å². The van der Waals surface area contributed by atoms with Gasteiger partial charge in [-0.3, -0.25) is 4.72 Å². The first-order valence-electron chi connectivity index (χ1n) is 7.12. The molecule has 1 aromatic heterocycles. The van der Waals surface area contributed by atoms with E-state index in [0.29, 0.717) is 0 Å². The van der Waals surface area contributed by atoms with Crippen molar-refractivity contribution < 1.29 is 21.9 Å². The molecule has 0 spiro atoms. The number of nitrogens with zero attached hydrogens (tertiary/aromatic N) is 2. The Morgan fingerprint density at radius 2 is 1.72 bits per heavy atom. The summed E-state index contributed by atoms with van der Waals surface area (Å²) < 4.78 is 57.0. The van der Waals surface area contributed by atoms with Crippen molar-refractivity contribution in [1.29, 1.82) is 0 Å². The number of aromatic nitrogens is 2. The molecule has 9 heteroatoms. The van der Waals surface area contributed by atoms with E-state index in [-0.39, 0.29) is 16.3 Å². The summed E-state index contributed by atoms with van der Waals surface area (Å²) in [6.07, 6.45) is 2.61. The maximum absolute atomic E-state index is 12.4. The Labute approximate surface area is 142 Å². The second-order valence-electron chi connectivity index (χ2n) is 4.96. The summed E-state index contributed by atoms with van der Waals surface area (Å²) in [5.41, 5.74) is 0.937. The first-order valence-corrected chi connectivity index (χ1v) is 8.60. The molecular weight excluding hydrogens is 352 g/mol. The van der Waals surface area contributed by atoms with Crippen molar-refractivity contribution >= 4 is 15.7 Å². The molecule has 0 aliphatic rings. The summed E-state index contributed by atoms with van der Waals surface area (Å²) in [5, 5.41) is 4.04. The fraction of sp³-hybridized carbons (Fsp3) is 0.0625. The van der Waals surface area contributed by atoms with E-state index in [4.69, 9.17) is 0 Å². The second-order valence-corrected chi connectivity index (χ2v) is 6.65. The van der Waals surface area contributed by atoms with E-state index in [0.717, 1.165) is 5.69 Å². The molecule has 0 aliphatic carbocycles. The zero-order chi connectivity index (χ0) is 17.9. The molecule has 130 valence electrons. The molecule has 0 fully saturated rings. The van der Waals surface area contributed by atoms with Gasteiger partial charge in [0.1, 0.15) is 10.6 Å². The van der Waals surface area contributed by atoms with Gasteiger partial charge in [-0.15, -0.1) is 0 Å². The van der Waals surface area contributed by atoms with E-state index in [1.165, 1.54) is 41.3 Å². The minimum atomic E-state index is -3.86. The highest BCUT2D eigenvalue weighted by molar-refractivity contribution is 7.92. The van der Waals surface area contributed by atoms with Gasteiger partial charge in [0.25, 0.3) is 10.0 Å². The van der Waals surface area contributed by atoms with Gasteiger partial charge in [0.15, 0.2) is 0 Å². The average molecular weight is 365 g/mol. The number of ether oxygens (including phenoxy) is 1. The van der Waals surface area contributed by atoms with Gasteiger partial charge < -0.3 is 4.74 Å². The minimum absolute atomic E-state index is 0.0238. The van der Waals surface area contributed by atoms with E-state index < -0.39 is 16.6 Å². The zero-order valence-corrected chi connectivity index (χ0v) is 13.5. The number of halogens is 2. The highest BCUT2D eigenvalue weighted by atomic mass is 32.2. The first-order chi connectivity index (χ1) is 11.9. The number of sulfonamides is 1. The number of alkyl halides is 2. The third-order valence-corrected chi connectivity index (χ3v) is 4.56. The summed E-state index contributed by atoms with van der Waals surface area (Å²) in [7, 11) is -3.86. The number of benzene rings is 2. The van der Waals surface area contributed by atoms with Crippen LogP contribution in [0.2, 0.25) is 0 Å². The third kappa shape index (κ3) is 4.13. The fourth-order valence-corrected chi connectivity index (χ4v) is 3.07. The molecule has 1 N–H and O–H groups in total. The van der Waals surface area contributed by atoms with Crippen LogP contribution < -0.4 is 9.46 Å². The van der Waals surface area contributed by atoms with Gasteiger partial charge in [-0.05, 0) is 36.4 Å². The number of para-hydroxylation sites is 1.